The molecule has 128 valence electrons. The number of hydrogen-bond donors (Lipinski definition) is 1. The average Bonchev–Trinajstić information content (AvgIpc) is 3.12. The number of carbonyl (C=O) groups excluding carboxylic acids is 1. The van der Waals surface area contributed by atoms with Crippen molar-refractivity contribution in [2.45, 2.75) is 6.54 Å². The summed E-state index contributed by atoms with van der Waals surface area (Å²) in [6.45, 7) is 0.832. The van der Waals surface area contributed by atoms with Gasteiger partial charge in [0.15, 0.2) is 0 Å². The third-order valence-electron chi connectivity index (χ3n) is 3.61. The van der Waals surface area contributed by atoms with Crippen LogP contribution in [0.25, 0.3) is 5.69 Å². The first-order valence-electron chi connectivity index (χ1n) is 7.72. The molecule has 6 nitrogen and oxygen atoms in total. The molecule has 1 N–H and O–H groups in total. The van der Waals surface area contributed by atoms with E-state index in [4.69, 9.17) is 0 Å². The van der Waals surface area contributed by atoms with Crippen LogP contribution in [0.1, 0.15) is 15.9 Å². The van der Waals surface area contributed by atoms with Gasteiger partial charge in [0.05, 0.1) is 5.69 Å². The zero-order valence-corrected chi connectivity index (χ0v) is 15.6. The third-order valence-corrected chi connectivity index (χ3v) is 4.35. The van der Waals surface area contributed by atoms with E-state index in [1.807, 2.05) is 44.4 Å². The molecule has 0 spiro atoms. The van der Waals surface area contributed by atoms with E-state index >= 15 is 0 Å². The number of benzene rings is 2. The first-order chi connectivity index (χ1) is 12.0. The Labute approximate surface area is 154 Å². The molecule has 0 radical (unpaired) electrons. The van der Waals surface area contributed by atoms with Gasteiger partial charge >= 0.3 is 0 Å². The zero-order valence-electron chi connectivity index (χ0n) is 14.0. The van der Waals surface area contributed by atoms with E-state index in [1.165, 1.54) is 11.9 Å². The molecule has 7 heteroatoms. The van der Waals surface area contributed by atoms with Crippen molar-refractivity contribution in [1.29, 1.82) is 0 Å². The highest BCUT2D eigenvalue weighted by Crippen LogP contribution is 2.23. The van der Waals surface area contributed by atoms with E-state index in [9.17, 15) is 4.79 Å². The molecule has 2 aromatic carbocycles. The van der Waals surface area contributed by atoms with Gasteiger partial charge in [-0.1, -0.05) is 22.0 Å². The molecule has 0 saturated heterocycles. The Morgan fingerprint density at radius 3 is 2.56 bits per heavy atom. The van der Waals surface area contributed by atoms with Crippen LogP contribution in [0, 0.1) is 0 Å². The third kappa shape index (κ3) is 4.32. The fourth-order valence-corrected chi connectivity index (χ4v) is 2.91. The molecule has 0 saturated carbocycles. The van der Waals surface area contributed by atoms with E-state index in [1.54, 1.807) is 23.1 Å². The second kappa shape index (κ2) is 7.58. The van der Waals surface area contributed by atoms with E-state index in [0.717, 1.165) is 22.4 Å². The van der Waals surface area contributed by atoms with Crippen LogP contribution >= 0.6 is 15.9 Å². The Bertz CT molecular complexity index is 860. The lowest BCUT2D eigenvalue weighted by Crippen LogP contribution is -2.13. The molecule has 0 atom stereocenters. The maximum atomic E-state index is 12.4. The maximum absolute atomic E-state index is 12.4. The Morgan fingerprint density at radius 1 is 1.20 bits per heavy atom. The first kappa shape index (κ1) is 17.3. The number of carbonyl (C=O) groups is 1. The Hall–Kier alpha value is -2.51. The minimum atomic E-state index is -0.155. The lowest BCUT2D eigenvalue weighted by atomic mass is 10.1. The van der Waals surface area contributed by atoms with Gasteiger partial charge in [-0.3, -0.25) is 4.79 Å². The van der Waals surface area contributed by atoms with Crippen molar-refractivity contribution in [2.75, 3.05) is 19.4 Å². The molecule has 0 aliphatic carbocycles. The van der Waals surface area contributed by atoms with Gasteiger partial charge in [-0.2, -0.15) is 5.10 Å². The molecule has 3 rings (SSSR count). The highest BCUT2D eigenvalue weighted by atomic mass is 79.9. The summed E-state index contributed by atoms with van der Waals surface area (Å²) in [5.41, 5.74) is 3.35. The minimum absolute atomic E-state index is 0.155. The summed E-state index contributed by atoms with van der Waals surface area (Å²) in [5.74, 6) is -0.155. The number of hydrogen-bond acceptors (Lipinski definition) is 4. The molecule has 1 aromatic heterocycles. The van der Waals surface area contributed by atoms with Crippen molar-refractivity contribution in [2.24, 2.45) is 0 Å². The van der Waals surface area contributed by atoms with Crippen LogP contribution in [0.4, 0.5) is 5.69 Å². The molecular formula is C18H18BrN5O. The van der Waals surface area contributed by atoms with E-state index in [0.29, 0.717) is 5.56 Å². The number of nitrogens with one attached hydrogen (secondary N) is 1. The van der Waals surface area contributed by atoms with Crippen molar-refractivity contribution < 1.29 is 4.79 Å². The van der Waals surface area contributed by atoms with Crippen LogP contribution in [0.2, 0.25) is 0 Å². The fraction of sp³-hybridized carbons (Fsp3) is 0.167. The van der Waals surface area contributed by atoms with Crippen LogP contribution in [0.15, 0.2) is 59.6 Å². The van der Waals surface area contributed by atoms with Crippen molar-refractivity contribution in [3.8, 4) is 5.69 Å². The summed E-state index contributed by atoms with van der Waals surface area (Å²) in [6.07, 6.45) is 3.08. The number of rotatable bonds is 5. The predicted octanol–water partition coefficient (Wildman–Crippen LogP) is 3.34. The topological polar surface area (TPSA) is 63.1 Å². The highest BCUT2D eigenvalue weighted by molar-refractivity contribution is 9.10. The van der Waals surface area contributed by atoms with Crippen LogP contribution in [-0.4, -0.2) is 39.7 Å². The van der Waals surface area contributed by atoms with E-state index in [-0.39, 0.29) is 5.91 Å². The number of anilines is 1. The van der Waals surface area contributed by atoms with Gasteiger partial charge in [0.1, 0.15) is 12.7 Å². The van der Waals surface area contributed by atoms with Gasteiger partial charge in [-0.15, -0.1) is 0 Å². The molecule has 25 heavy (non-hydrogen) atoms. The summed E-state index contributed by atoms with van der Waals surface area (Å²) in [5, 5.41) is 6.98. The summed E-state index contributed by atoms with van der Waals surface area (Å²) >= 11 is 3.56. The van der Waals surface area contributed by atoms with Gasteiger partial charge in [-0.05, 0) is 56.1 Å². The first-order valence-corrected chi connectivity index (χ1v) is 8.52. The largest absolute Gasteiger partial charge is 0.322 e. The Morgan fingerprint density at radius 2 is 1.96 bits per heavy atom. The predicted molar refractivity (Wildman–Crippen MR) is 101 cm³/mol. The standard InChI is InChI=1S/C18H18BrN5O/c1-23(2)10-14-3-6-15(9-17(14)19)22-18(25)13-4-7-16(8-5-13)24-12-20-11-21-24/h3-9,11-12H,10H2,1-2H3,(H,22,25). The smallest absolute Gasteiger partial charge is 0.255 e. The summed E-state index contributed by atoms with van der Waals surface area (Å²) in [6, 6.07) is 13.0. The zero-order chi connectivity index (χ0) is 17.8. The molecule has 1 heterocycles. The average molecular weight is 400 g/mol. The highest BCUT2D eigenvalue weighted by Gasteiger charge is 2.09. The maximum Gasteiger partial charge on any atom is 0.255 e. The fourth-order valence-electron chi connectivity index (χ4n) is 2.40. The molecule has 3 aromatic rings. The molecule has 0 unspecified atom stereocenters. The van der Waals surface area contributed by atoms with Crippen molar-refractivity contribution in [1.82, 2.24) is 19.7 Å². The quantitative estimate of drug-likeness (QED) is 0.714. The number of aromatic nitrogens is 3. The normalized spacial score (nSPS) is 10.9. The van der Waals surface area contributed by atoms with Crippen LogP contribution in [0.3, 0.4) is 0 Å². The van der Waals surface area contributed by atoms with E-state index in [2.05, 4.69) is 36.2 Å². The Balaban J connectivity index is 1.70. The van der Waals surface area contributed by atoms with Gasteiger partial charge < -0.3 is 10.2 Å². The molecule has 0 aliphatic heterocycles. The van der Waals surface area contributed by atoms with Gasteiger partial charge in [0, 0.05) is 22.3 Å². The van der Waals surface area contributed by atoms with Gasteiger partial charge in [0.2, 0.25) is 0 Å². The van der Waals surface area contributed by atoms with Crippen molar-refractivity contribution in [3.05, 3.63) is 70.7 Å². The second-order valence-corrected chi connectivity index (χ2v) is 6.74. The SMILES string of the molecule is CN(C)Cc1ccc(NC(=O)c2ccc(-n3cncn3)cc2)cc1Br. The van der Waals surface area contributed by atoms with Crippen molar-refractivity contribution in [3.63, 3.8) is 0 Å². The summed E-state index contributed by atoms with van der Waals surface area (Å²) in [7, 11) is 4.04. The lowest BCUT2D eigenvalue weighted by Gasteiger charge is -2.13. The molecule has 0 bridgehead atoms. The van der Waals surface area contributed by atoms with Crippen molar-refractivity contribution >= 4 is 27.5 Å². The molecule has 0 fully saturated rings. The summed E-state index contributed by atoms with van der Waals surface area (Å²) < 4.78 is 2.61. The number of nitrogens with zero attached hydrogens (tertiary/aromatic N) is 4. The molecular weight excluding hydrogens is 382 g/mol. The van der Waals surface area contributed by atoms with Gasteiger partial charge in [0.25, 0.3) is 5.91 Å². The number of halogens is 1. The lowest BCUT2D eigenvalue weighted by molar-refractivity contribution is 0.102. The summed E-state index contributed by atoms with van der Waals surface area (Å²) in [4.78, 5) is 18.4. The van der Waals surface area contributed by atoms with Crippen LogP contribution in [0.5, 0.6) is 0 Å². The monoisotopic (exact) mass is 399 g/mol. The van der Waals surface area contributed by atoms with E-state index < -0.39 is 0 Å². The Kier molecular flexibility index (Phi) is 5.25. The van der Waals surface area contributed by atoms with Gasteiger partial charge in [-0.25, -0.2) is 9.67 Å². The number of amides is 1. The van der Waals surface area contributed by atoms with Crippen LogP contribution in [-0.2, 0) is 6.54 Å². The molecule has 1 amide bonds. The second-order valence-electron chi connectivity index (χ2n) is 5.89. The van der Waals surface area contributed by atoms with Crippen LogP contribution < -0.4 is 5.32 Å². The molecule has 0 aliphatic rings. The minimum Gasteiger partial charge on any atom is -0.322 e.